The molecule has 3 aromatic heterocycles. The number of ether oxygens (including phenoxy) is 1. The Morgan fingerprint density at radius 3 is 2.44 bits per heavy atom. The highest BCUT2D eigenvalue weighted by molar-refractivity contribution is 7.15. The fourth-order valence-electron chi connectivity index (χ4n) is 3.93. The van der Waals surface area contributed by atoms with Gasteiger partial charge < -0.3 is 15.4 Å². The maximum Gasteiger partial charge on any atom is 0.573 e. The lowest BCUT2D eigenvalue weighted by atomic mass is 10.1. The molecule has 3 heterocycles. The van der Waals surface area contributed by atoms with Crippen molar-refractivity contribution in [3.63, 3.8) is 0 Å². The average molecular weight is 589 g/mol. The SMILES string of the molecule is Cc1n[nH]c(C)c1CC(=O)Nc1nnc(CCCCc2ccc(NC(=O)Cc3cccc(OC(F)(F)F)c3)nn2)s1. The number of rotatable bonds is 12. The van der Waals surface area contributed by atoms with Crippen molar-refractivity contribution >= 4 is 34.1 Å². The lowest BCUT2D eigenvalue weighted by Crippen LogP contribution is -2.18. The van der Waals surface area contributed by atoms with Gasteiger partial charge in [0.15, 0.2) is 5.82 Å². The quantitative estimate of drug-likeness (QED) is 0.205. The number of hydrogen-bond donors (Lipinski definition) is 3. The molecule has 0 saturated carbocycles. The molecule has 2 amide bonds. The number of alkyl halides is 3. The highest BCUT2D eigenvalue weighted by Gasteiger charge is 2.31. The molecule has 0 aliphatic heterocycles. The Balaban J connectivity index is 1.16. The van der Waals surface area contributed by atoms with Crippen LogP contribution in [0.5, 0.6) is 5.75 Å². The first-order valence-corrected chi connectivity index (χ1v) is 13.5. The van der Waals surface area contributed by atoms with E-state index in [0.29, 0.717) is 23.5 Å². The van der Waals surface area contributed by atoms with E-state index in [4.69, 9.17) is 0 Å². The number of nitrogens with zero attached hydrogens (tertiary/aromatic N) is 5. The Morgan fingerprint density at radius 2 is 1.73 bits per heavy atom. The molecule has 3 N–H and O–H groups in total. The van der Waals surface area contributed by atoms with E-state index in [1.807, 2.05) is 13.8 Å². The van der Waals surface area contributed by atoms with Crippen molar-refractivity contribution < 1.29 is 27.5 Å². The van der Waals surface area contributed by atoms with Crippen LogP contribution in [0.4, 0.5) is 24.1 Å². The van der Waals surface area contributed by atoms with Crippen LogP contribution in [0.3, 0.4) is 0 Å². The number of amides is 2. The Morgan fingerprint density at radius 1 is 0.951 bits per heavy atom. The highest BCUT2D eigenvalue weighted by Crippen LogP contribution is 2.24. The van der Waals surface area contributed by atoms with Crippen LogP contribution in [-0.2, 0) is 35.3 Å². The predicted molar refractivity (Wildman–Crippen MR) is 144 cm³/mol. The molecule has 0 unspecified atom stereocenters. The number of carbonyl (C=O) groups excluding carboxylic acids is 2. The number of carbonyl (C=O) groups is 2. The second kappa shape index (κ2) is 13.3. The summed E-state index contributed by atoms with van der Waals surface area (Å²) in [6.45, 7) is 3.72. The molecule has 0 fully saturated rings. The van der Waals surface area contributed by atoms with Gasteiger partial charge in [0.1, 0.15) is 10.8 Å². The van der Waals surface area contributed by atoms with Crippen molar-refractivity contribution in [2.45, 2.75) is 58.7 Å². The van der Waals surface area contributed by atoms with Crippen LogP contribution in [0.2, 0.25) is 0 Å². The fraction of sp³-hybridized carbons (Fsp3) is 0.346. The van der Waals surface area contributed by atoms with E-state index in [1.54, 1.807) is 12.1 Å². The molecule has 216 valence electrons. The number of anilines is 2. The smallest absolute Gasteiger partial charge is 0.406 e. The maximum atomic E-state index is 12.4. The highest BCUT2D eigenvalue weighted by atomic mass is 32.1. The van der Waals surface area contributed by atoms with E-state index in [0.717, 1.165) is 52.6 Å². The van der Waals surface area contributed by atoms with Crippen molar-refractivity contribution in [1.82, 2.24) is 30.6 Å². The molecule has 1 aromatic carbocycles. The van der Waals surface area contributed by atoms with E-state index in [1.165, 1.54) is 23.5 Å². The molecule has 0 aliphatic rings. The zero-order valence-electron chi connectivity index (χ0n) is 22.2. The van der Waals surface area contributed by atoms with E-state index in [-0.39, 0.29) is 24.6 Å². The van der Waals surface area contributed by atoms with Crippen LogP contribution in [0.25, 0.3) is 0 Å². The van der Waals surface area contributed by atoms with Crippen molar-refractivity contribution in [3.05, 3.63) is 69.6 Å². The lowest BCUT2D eigenvalue weighted by Gasteiger charge is -2.10. The van der Waals surface area contributed by atoms with Gasteiger partial charge in [0.05, 0.1) is 24.2 Å². The molecular weight excluding hydrogens is 561 g/mol. The minimum atomic E-state index is -4.81. The monoisotopic (exact) mass is 588 g/mol. The molecule has 41 heavy (non-hydrogen) atoms. The summed E-state index contributed by atoms with van der Waals surface area (Å²) in [5.41, 5.74) is 3.63. The summed E-state index contributed by atoms with van der Waals surface area (Å²) in [6.07, 6.45) is -1.74. The largest absolute Gasteiger partial charge is 0.573 e. The van der Waals surface area contributed by atoms with E-state index >= 15 is 0 Å². The molecule has 4 rings (SSSR count). The molecular formula is C26H27F3N8O3S. The molecule has 11 nitrogen and oxygen atoms in total. The molecule has 4 aromatic rings. The number of H-pyrrole nitrogens is 1. The Bertz CT molecular complexity index is 1470. The Labute approximate surface area is 237 Å². The van der Waals surface area contributed by atoms with Crippen molar-refractivity contribution in [1.29, 1.82) is 0 Å². The van der Waals surface area contributed by atoms with Crippen LogP contribution in [0.15, 0.2) is 36.4 Å². The number of aromatic amines is 1. The standard InChI is InChI=1S/C26H27F3N8O3S/c1-15-20(16(2)33-32-15)14-23(39)31-25-37-36-24(41-25)9-4-3-7-18-10-11-21(35-34-18)30-22(38)13-17-6-5-8-19(12-17)40-26(27,28)29/h5-6,8,10-12H,3-4,7,9,13-14H2,1-2H3,(H,32,33)(H,30,35,38)(H,31,37,39). The van der Waals surface area contributed by atoms with Gasteiger partial charge in [0.25, 0.3) is 0 Å². The second-order valence-electron chi connectivity index (χ2n) is 9.18. The summed E-state index contributed by atoms with van der Waals surface area (Å²) in [7, 11) is 0. The fourth-order valence-corrected chi connectivity index (χ4v) is 4.73. The van der Waals surface area contributed by atoms with E-state index in [9.17, 15) is 22.8 Å². The number of nitrogens with one attached hydrogen (secondary N) is 3. The number of aromatic nitrogens is 6. The molecule has 0 radical (unpaired) electrons. The third-order valence-corrected chi connectivity index (χ3v) is 6.79. The van der Waals surface area contributed by atoms with Crippen molar-refractivity contribution in [2.24, 2.45) is 0 Å². The molecule has 15 heteroatoms. The Kier molecular flexibility index (Phi) is 9.60. The molecule has 0 saturated heterocycles. The summed E-state index contributed by atoms with van der Waals surface area (Å²) in [5.74, 6) is -0.779. The zero-order chi connectivity index (χ0) is 29.4. The molecule has 0 bridgehead atoms. The average Bonchev–Trinajstić information content (AvgIpc) is 3.47. The first-order chi connectivity index (χ1) is 19.5. The summed E-state index contributed by atoms with van der Waals surface area (Å²) in [5, 5.41) is 29.9. The number of aryl methyl sites for hydroxylation is 4. The van der Waals surface area contributed by atoms with Crippen molar-refractivity contribution in [2.75, 3.05) is 10.6 Å². The van der Waals surface area contributed by atoms with E-state index in [2.05, 4.69) is 46.0 Å². The van der Waals surface area contributed by atoms with Crippen LogP contribution >= 0.6 is 11.3 Å². The predicted octanol–water partition coefficient (Wildman–Crippen LogP) is 4.49. The molecule has 0 atom stereocenters. The lowest BCUT2D eigenvalue weighted by molar-refractivity contribution is -0.274. The van der Waals surface area contributed by atoms with Crippen LogP contribution in [0.1, 0.15) is 46.1 Å². The zero-order valence-corrected chi connectivity index (χ0v) is 23.0. The summed E-state index contributed by atoms with van der Waals surface area (Å²) in [4.78, 5) is 24.6. The second-order valence-corrected chi connectivity index (χ2v) is 10.2. The number of benzene rings is 1. The molecule has 0 spiro atoms. The minimum absolute atomic E-state index is 0.154. The van der Waals surface area contributed by atoms with E-state index < -0.39 is 18.0 Å². The summed E-state index contributed by atoms with van der Waals surface area (Å²) < 4.78 is 41.1. The number of halogens is 3. The summed E-state index contributed by atoms with van der Waals surface area (Å²) in [6, 6.07) is 8.60. The topological polar surface area (TPSA) is 148 Å². The first-order valence-electron chi connectivity index (χ1n) is 12.6. The van der Waals surface area contributed by atoms with Crippen LogP contribution in [0, 0.1) is 13.8 Å². The van der Waals surface area contributed by atoms with Crippen LogP contribution < -0.4 is 15.4 Å². The van der Waals surface area contributed by atoms with Gasteiger partial charge in [-0.15, -0.1) is 28.5 Å². The van der Waals surface area contributed by atoms with Gasteiger partial charge >= 0.3 is 6.36 Å². The number of hydrogen-bond acceptors (Lipinski definition) is 9. The van der Waals surface area contributed by atoms with Gasteiger partial charge in [0.2, 0.25) is 16.9 Å². The third kappa shape index (κ3) is 9.34. The van der Waals surface area contributed by atoms with Gasteiger partial charge in [-0.05, 0) is 62.9 Å². The number of unbranched alkanes of at least 4 members (excludes halogenated alkanes) is 1. The van der Waals surface area contributed by atoms with Gasteiger partial charge in [-0.1, -0.05) is 23.5 Å². The maximum absolute atomic E-state index is 12.4. The van der Waals surface area contributed by atoms with Gasteiger partial charge in [-0.3, -0.25) is 14.7 Å². The van der Waals surface area contributed by atoms with Gasteiger partial charge in [-0.2, -0.15) is 10.2 Å². The minimum Gasteiger partial charge on any atom is -0.406 e. The van der Waals surface area contributed by atoms with Gasteiger partial charge in [0, 0.05) is 17.7 Å². The molecule has 0 aliphatic carbocycles. The van der Waals surface area contributed by atoms with Crippen LogP contribution in [-0.4, -0.2) is 48.8 Å². The first kappa shape index (κ1) is 29.6. The summed E-state index contributed by atoms with van der Waals surface area (Å²) >= 11 is 1.34. The van der Waals surface area contributed by atoms with Crippen molar-refractivity contribution in [3.8, 4) is 5.75 Å². The Hall–Kier alpha value is -4.40. The third-order valence-electron chi connectivity index (χ3n) is 5.89. The van der Waals surface area contributed by atoms with Gasteiger partial charge in [-0.25, -0.2) is 0 Å². The normalized spacial score (nSPS) is 11.3.